The maximum Gasteiger partial charge on any atom is 0.304 e. The lowest BCUT2D eigenvalue weighted by molar-refractivity contribution is -0.137. The van der Waals surface area contributed by atoms with Crippen LogP contribution < -0.4 is 10.1 Å². The Bertz CT molecular complexity index is 469. The van der Waals surface area contributed by atoms with Crippen molar-refractivity contribution >= 4 is 5.97 Å². The topological polar surface area (TPSA) is 58.6 Å². The maximum atomic E-state index is 11.0. The zero-order valence-corrected chi connectivity index (χ0v) is 13.0. The van der Waals surface area contributed by atoms with Crippen LogP contribution in [0, 0.1) is 13.8 Å². The third-order valence-electron chi connectivity index (χ3n) is 3.31. The predicted molar refractivity (Wildman–Crippen MR) is 80.5 cm³/mol. The van der Waals surface area contributed by atoms with Crippen LogP contribution in [0.25, 0.3) is 0 Å². The third-order valence-corrected chi connectivity index (χ3v) is 3.31. The molecule has 0 aliphatic rings. The van der Waals surface area contributed by atoms with E-state index in [1.807, 2.05) is 33.8 Å². The van der Waals surface area contributed by atoms with E-state index < -0.39 is 5.97 Å². The summed E-state index contributed by atoms with van der Waals surface area (Å²) in [5, 5.41) is 12.3. The first-order chi connectivity index (χ1) is 9.33. The number of carbonyl (C=O) groups is 1. The Hall–Kier alpha value is -1.55. The average molecular weight is 279 g/mol. The van der Waals surface area contributed by atoms with Crippen molar-refractivity contribution in [3.05, 3.63) is 28.8 Å². The van der Waals surface area contributed by atoms with Crippen molar-refractivity contribution in [1.29, 1.82) is 0 Å². The molecule has 0 amide bonds. The molecule has 112 valence electrons. The summed E-state index contributed by atoms with van der Waals surface area (Å²) < 4.78 is 5.31. The zero-order chi connectivity index (χ0) is 15.3. The molecule has 0 aliphatic carbocycles. The first-order valence-corrected chi connectivity index (χ1v) is 6.95. The molecule has 0 saturated heterocycles. The van der Waals surface area contributed by atoms with Gasteiger partial charge in [0.2, 0.25) is 0 Å². The van der Waals surface area contributed by atoms with E-state index in [-0.39, 0.29) is 18.5 Å². The van der Waals surface area contributed by atoms with Crippen LogP contribution in [-0.4, -0.2) is 30.3 Å². The van der Waals surface area contributed by atoms with Gasteiger partial charge in [-0.2, -0.15) is 0 Å². The number of benzene rings is 1. The second-order valence-electron chi connectivity index (χ2n) is 5.57. The Labute approximate surface area is 121 Å². The van der Waals surface area contributed by atoms with Gasteiger partial charge in [0.25, 0.3) is 0 Å². The lowest BCUT2D eigenvalue weighted by Gasteiger charge is -2.21. The molecule has 1 rings (SSSR count). The minimum absolute atomic E-state index is 0.0565. The van der Waals surface area contributed by atoms with Crippen molar-refractivity contribution in [3.8, 4) is 5.75 Å². The van der Waals surface area contributed by atoms with Crippen molar-refractivity contribution in [3.63, 3.8) is 0 Å². The van der Waals surface area contributed by atoms with Gasteiger partial charge in [-0.05, 0) is 43.0 Å². The molecule has 1 aromatic carbocycles. The van der Waals surface area contributed by atoms with Crippen LogP contribution in [0.2, 0.25) is 0 Å². The maximum absolute atomic E-state index is 11.0. The van der Waals surface area contributed by atoms with E-state index in [1.54, 1.807) is 7.11 Å². The molecule has 0 heterocycles. The molecule has 0 aliphatic heterocycles. The second-order valence-corrected chi connectivity index (χ2v) is 5.57. The molecule has 4 heteroatoms. The number of hydrogen-bond acceptors (Lipinski definition) is 3. The summed E-state index contributed by atoms with van der Waals surface area (Å²) in [7, 11) is 1.66. The molecule has 20 heavy (non-hydrogen) atoms. The van der Waals surface area contributed by atoms with E-state index >= 15 is 0 Å². The Morgan fingerprint density at radius 3 is 2.45 bits per heavy atom. The molecule has 0 aromatic heterocycles. The number of methoxy groups -OCH3 is 1. The smallest absolute Gasteiger partial charge is 0.304 e. The minimum atomic E-state index is -0.772. The van der Waals surface area contributed by atoms with Crippen LogP contribution in [0.1, 0.15) is 37.0 Å². The first-order valence-electron chi connectivity index (χ1n) is 6.95. The third kappa shape index (κ3) is 4.85. The summed E-state index contributed by atoms with van der Waals surface area (Å²) in [6.45, 7) is 8.09. The van der Waals surface area contributed by atoms with Gasteiger partial charge in [0.05, 0.1) is 13.5 Å². The van der Waals surface area contributed by atoms with E-state index in [0.29, 0.717) is 6.42 Å². The molecule has 0 bridgehead atoms. The van der Waals surface area contributed by atoms with Crippen molar-refractivity contribution in [2.24, 2.45) is 0 Å². The monoisotopic (exact) mass is 279 g/mol. The van der Waals surface area contributed by atoms with E-state index in [9.17, 15) is 4.79 Å². The van der Waals surface area contributed by atoms with Gasteiger partial charge >= 0.3 is 5.97 Å². The van der Waals surface area contributed by atoms with Gasteiger partial charge in [0.1, 0.15) is 5.75 Å². The van der Waals surface area contributed by atoms with Crippen molar-refractivity contribution in [2.75, 3.05) is 7.11 Å². The van der Waals surface area contributed by atoms with E-state index in [4.69, 9.17) is 9.84 Å². The van der Waals surface area contributed by atoms with E-state index in [1.165, 1.54) is 5.56 Å². The number of rotatable bonds is 7. The molecule has 0 saturated carbocycles. The molecule has 2 N–H and O–H groups in total. The van der Waals surface area contributed by atoms with Crippen molar-refractivity contribution in [2.45, 2.75) is 52.6 Å². The van der Waals surface area contributed by atoms with Gasteiger partial charge in [-0.1, -0.05) is 19.9 Å². The Morgan fingerprint density at radius 1 is 1.30 bits per heavy atom. The highest BCUT2D eigenvalue weighted by Crippen LogP contribution is 2.23. The summed E-state index contributed by atoms with van der Waals surface area (Å²) in [4.78, 5) is 11.0. The van der Waals surface area contributed by atoms with Crippen LogP contribution in [0.5, 0.6) is 5.75 Å². The average Bonchev–Trinajstić information content (AvgIpc) is 2.31. The summed E-state index contributed by atoms with van der Waals surface area (Å²) in [6, 6.07) is 4.31. The van der Waals surface area contributed by atoms with Gasteiger partial charge in [0.15, 0.2) is 0 Å². The normalized spacial score (nSPS) is 12.5. The molecule has 0 radical (unpaired) electrons. The van der Waals surface area contributed by atoms with Crippen LogP contribution in [0.15, 0.2) is 12.1 Å². The van der Waals surface area contributed by atoms with Crippen molar-refractivity contribution < 1.29 is 14.6 Å². The molecular formula is C16H25NO3. The number of ether oxygens (including phenoxy) is 1. The number of carboxylic acid groups (broad SMARTS) is 1. The molecule has 1 atom stereocenters. The van der Waals surface area contributed by atoms with Crippen LogP contribution in [-0.2, 0) is 11.2 Å². The van der Waals surface area contributed by atoms with Crippen LogP contribution in [0.4, 0.5) is 0 Å². The van der Waals surface area contributed by atoms with Crippen molar-refractivity contribution in [1.82, 2.24) is 5.32 Å². The fourth-order valence-corrected chi connectivity index (χ4v) is 2.43. The number of carboxylic acids is 1. The SMILES string of the molecule is COc1cc(C)c(CC(CC(=O)O)NC(C)C)cc1C. The zero-order valence-electron chi connectivity index (χ0n) is 13.0. The van der Waals surface area contributed by atoms with Gasteiger partial charge in [-0.3, -0.25) is 4.79 Å². The molecule has 0 spiro atoms. The Balaban J connectivity index is 2.92. The largest absolute Gasteiger partial charge is 0.496 e. The van der Waals surface area contributed by atoms with Gasteiger partial charge in [-0.25, -0.2) is 0 Å². The molecule has 1 unspecified atom stereocenters. The highest BCUT2D eigenvalue weighted by molar-refractivity contribution is 5.67. The molecule has 4 nitrogen and oxygen atoms in total. The minimum Gasteiger partial charge on any atom is -0.496 e. The highest BCUT2D eigenvalue weighted by atomic mass is 16.5. The van der Waals surface area contributed by atoms with E-state index in [0.717, 1.165) is 16.9 Å². The number of aryl methyl sites for hydroxylation is 2. The first kappa shape index (κ1) is 16.5. The summed E-state index contributed by atoms with van der Waals surface area (Å²) in [5.74, 6) is 0.101. The summed E-state index contributed by atoms with van der Waals surface area (Å²) in [5.41, 5.74) is 3.38. The number of aliphatic carboxylic acids is 1. The fraction of sp³-hybridized carbons (Fsp3) is 0.562. The van der Waals surface area contributed by atoms with Crippen LogP contribution in [0.3, 0.4) is 0 Å². The quantitative estimate of drug-likeness (QED) is 0.805. The number of nitrogens with one attached hydrogen (secondary N) is 1. The standard InChI is InChI=1S/C16H25NO3/c1-10(2)17-14(9-16(18)19)8-13-6-12(4)15(20-5)7-11(13)3/h6-7,10,14,17H,8-9H2,1-5H3,(H,18,19). The summed E-state index contributed by atoms with van der Waals surface area (Å²) >= 11 is 0. The predicted octanol–water partition coefficient (Wildman–Crippen LogP) is 2.70. The number of hydrogen-bond donors (Lipinski definition) is 2. The lowest BCUT2D eigenvalue weighted by Crippen LogP contribution is -2.38. The van der Waals surface area contributed by atoms with Gasteiger partial charge in [-0.15, -0.1) is 0 Å². The van der Waals surface area contributed by atoms with Gasteiger partial charge < -0.3 is 15.2 Å². The molecule has 1 aromatic rings. The van der Waals surface area contributed by atoms with E-state index in [2.05, 4.69) is 11.4 Å². The molecular weight excluding hydrogens is 254 g/mol. The Kier molecular flexibility index (Phi) is 6.02. The Morgan fingerprint density at radius 2 is 1.95 bits per heavy atom. The second kappa shape index (κ2) is 7.29. The van der Waals surface area contributed by atoms with Crippen LogP contribution >= 0.6 is 0 Å². The highest BCUT2D eigenvalue weighted by Gasteiger charge is 2.16. The molecule has 0 fully saturated rings. The lowest BCUT2D eigenvalue weighted by atomic mass is 9.96. The fourth-order valence-electron chi connectivity index (χ4n) is 2.43. The van der Waals surface area contributed by atoms with Gasteiger partial charge in [0, 0.05) is 12.1 Å². The summed E-state index contributed by atoms with van der Waals surface area (Å²) in [6.07, 6.45) is 0.837.